The van der Waals surface area contributed by atoms with Crippen LogP contribution in [0.5, 0.6) is 0 Å². The van der Waals surface area contributed by atoms with E-state index in [1.165, 1.54) is 12.0 Å². The van der Waals surface area contributed by atoms with E-state index in [1.54, 1.807) is 25.1 Å². The highest BCUT2D eigenvalue weighted by atomic mass is 35.5. The molecule has 4 aliphatic rings. The average molecular weight is 472 g/mol. The monoisotopic (exact) mass is 471 g/mol. The third-order valence-electron chi connectivity index (χ3n) is 7.72. The number of rotatable bonds is 5. The maximum atomic E-state index is 13.5. The van der Waals surface area contributed by atoms with Gasteiger partial charge >= 0.3 is 5.97 Å². The number of hydrogen-bond donors (Lipinski definition) is 1. The molecule has 4 saturated carbocycles. The van der Waals surface area contributed by atoms with Gasteiger partial charge in [-0.05, 0) is 86.5 Å². The number of esters is 1. The topological polar surface area (TPSA) is 55.4 Å². The van der Waals surface area contributed by atoms with Gasteiger partial charge < -0.3 is 10.1 Å². The molecule has 0 heterocycles. The van der Waals surface area contributed by atoms with Crippen molar-refractivity contribution in [2.45, 2.75) is 57.0 Å². The molecular formula is C26H27Cl2NO3. The number of hydrogen-bond acceptors (Lipinski definition) is 3. The fourth-order valence-electron chi connectivity index (χ4n) is 6.80. The van der Waals surface area contributed by atoms with E-state index < -0.39 is 17.4 Å². The minimum atomic E-state index is -0.907. The Morgan fingerprint density at radius 1 is 1.03 bits per heavy atom. The molecule has 4 nitrogen and oxygen atoms in total. The molecule has 1 amide bonds. The van der Waals surface area contributed by atoms with Gasteiger partial charge in [-0.3, -0.25) is 9.59 Å². The summed E-state index contributed by atoms with van der Waals surface area (Å²) in [6.45, 7) is 1.62. The van der Waals surface area contributed by atoms with Gasteiger partial charge in [0.25, 0.3) is 5.91 Å². The lowest BCUT2D eigenvalue weighted by molar-refractivity contribution is -0.180. The number of halogens is 2. The van der Waals surface area contributed by atoms with Crippen molar-refractivity contribution < 1.29 is 14.3 Å². The zero-order chi connectivity index (χ0) is 22.5. The van der Waals surface area contributed by atoms with Gasteiger partial charge in [0, 0.05) is 5.02 Å². The highest BCUT2D eigenvalue weighted by Gasteiger charge is 2.61. The minimum absolute atomic E-state index is 0.0483. The van der Waals surface area contributed by atoms with E-state index in [-0.39, 0.29) is 11.4 Å². The molecule has 6 rings (SSSR count). The second-order valence-electron chi connectivity index (χ2n) is 10.0. The average Bonchev–Trinajstić information content (AvgIpc) is 2.75. The van der Waals surface area contributed by atoms with Crippen molar-refractivity contribution in [3.05, 3.63) is 64.1 Å². The Bertz CT molecular complexity index is 1040. The second-order valence-corrected chi connectivity index (χ2v) is 10.9. The van der Waals surface area contributed by atoms with Crippen molar-refractivity contribution >= 4 is 40.8 Å². The number of carbonyl (C=O) groups excluding carboxylic acids is 2. The van der Waals surface area contributed by atoms with E-state index in [1.807, 2.05) is 6.07 Å². The van der Waals surface area contributed by atoms with Crippen LogP contribution < -0.4 is 5.32 Å². The van der Waals surface area contributed by atoms with Crippen molar-refractivity contribution in [1.29, 1.82) is 0 Å². The first kappa shape index (κ1) is 21.8. The summed E-state index contributed by atoms with van der Waals surface area (Å²) in [6, 6.07) is 15.5. The summed E-state index contributed by atoms with van der Waals surface area (Å²) in [6.07, 6.45) is 5.14. The summed E-state index contributed by atoms with van der Waals surface area (Å²) >= 11 is 12.1. The largest absolute Gasteiger partial charge is 0.452 e. The Kier molecular flexibility index (Phi) is 5.50. The molecule has 0 radical (unpaired) electrons. The number of benzene rings is 2. The lowest BCUT2D eigenvalue weighted by atomic mass is 9.43. The predicted molar refractivity (Wildman–Crippen MR) is 126 cm³/mol. The zero-order valence-corrected chi connectivity index (χ0v) is 19.6. The standard InChI is InChI=1S/C26H27Cl2NO3/c1-16(23(30)29-22-8-7-20(27)10-21(22)28)32-24(31)26-13-17-9-18(14-26)12-25(11-17,15-26)19-5-3-2-4-6-19/h2-8,10,16-18H,9,11-15H2,1H3,(H,29,30). The van der Waals surface area contributed by atoms with E-state index in [4.69, 9.17) is 27.9 Å². The highest BCUT2D eigenvalue weighted by molar-refractivity contribution is 6.36. The highest BCUT2D eigenvalue weighted by Crippen LogP contribution is 2.66. The molecule has 0 saturated heterocycles. The predicted octanol–water partition coefficient (Wildman–Crippen LogP) is 6.40. The maximum absolute atomic E-state index is 13.5. The molecule has 4 aliphatic carbocycles. The normalized spacial score (nSPS) is 31.2. The Labute approximate surface area is 198 Å². The Morgan fingerprint density at radius 2 is 1.72 bits per heavy atom. The summed E-state index contributed by atoms with van der Waals surface area (Å²) < 4.78 is 5.79. The second kappa shape index (κ2) is 8.07. The van der Waals surface area contributed by atoms with Crippen LogP contribution in [0.4, 0.5) is 5.69 Å². The fourth-order valence-corrected chi connectivity index (χ4v) is 7.25. The third kappa shape index (κ3) is 3.82. The summed E-state index contributed by atoms with van der Waals surface area (Å²) in [4.78, 5) is 26.2. The molecule has 4 fully saturated rings. The van der Waals surface area contributed by atoms with Crippen molar-refractivity contribution in [3.8, 4) is 0 Å². The first-order valence-electron chi connectivity index (χ1n) is 11.3. The van der Waals surface area contributed by atoms with Gasteiger partial charge in [-0.15, -0.1) is 0 Å². The summed E-state index contributed by atoms with van der Waals surface area (Å²) in [5, 5.41) is 3.57. The van der Waals surface area contributed by atoms with Gasteiger partial charge in [0.1, 0.15) is 0 Å². The molecule has 0 aliphatic heterocycles. The van der Waals surface area contributed by atoms with Gasteiger partial charge in [-0.2, -0.15) is 0 Å². The van der Waals surface area contributed by atoms with Crippen LogP contribution in [0.2, 0.25) is 10.0 Å². The number of carbonyl (C=O) groups is 2. The number of ether oxygens (including phenoxy) is 1. The Balaban J connectivity index is 1.32. The smallest absolute Gasteiger partial charge is 0.312 e. The van der Waals surface area contributed by atoms with Crippen LogP contribution in [0.15, 0.2) is 48.5 Å². The molecule has 4 bridgehead atoms. The van der Waals surface area contributed by atoms with Crippen LogP contribution in [0.25, 0.3) is 0 Å². The molecule has 6 heteroatoms. The van der Waals surface area contributed by atoms with Gasteiger partial charge in [0.05, 0.1) is 16.1 Å². The Hall–Kier alpha value is -2.04. The maximum Gasteiger partial charge on any atom is 0.312 e. The van der Waals surface area contributed by atoms with Gasteiger partial charge in [0.15, 0.2) is 6.10 Å². The lowest BCUT2D eigenvalue weighted by Crippen LogP contribution is -2.57. The fraction of sp³-hybridized carbons (Fsp3) is 0.462. The molecule has 32 heavy (non-hydrogen) atoms. The van der Waals surface area contributed by atoms with Crippen molar-refractivity contribution in [2.75, 3.05) is 5.32 Å². The van der Waals surface area contributed by atoms with Crippen LogP contribution >= 0.6 is 23.2 Å². The summed E-state index contributed by atoms with van der Waals surface area (Å²) in [5.41, 5.74) is 1.34. The molecule has 168 valence electrons. The first-order valence-corrected chi connectivity index (χ1v) is 12.1. The minimum Gasteiger partial charge on any atom is -0.452 e. The lowest BCUT2D eigenvalue weighted by Gasteiger charge is -2.61. The number of amides is 1. The SMILES string of the molecule is CC(OC(=O)C12CC3CC(C1)CC(c1ccccc1)(C3)C2)C(=O)Nc1ccc(Cl)cc1Cl. The molecule has 3 atom stereocenters. The van der Waals surface area contributed by atoms with Crippen LogP contribution in [0.1, 0.15) is 51.0 Å². The third-order valence-corrected chi connectivity index (χ3v) is 8.27. The van der Waals surface area contributed by atoms with Crippen molar-refractivity contribution in [1.82, 2.24) is 0 Å². The van der Waals surface area contributed by atoms with Crippen LogP contribution in [-0.4, -0.2) is 18.0 Å². The van der Waals surface area contributed by atoms with E-state index in [0.717, 1.165) is 32.1 Å². The summed E-state index contributed by atoms with van der Waals surface area (Å²) in [5.74, 6) is 0.462. The summed E-state index contributed by atoms with van der Waals surface area (Å²) in [7, 11) is 0. The molecule has 1 N–H and O–H groups in total. The van der Waals surface area contributed by atoms with Crippen molar-refractivity contribution in [2.24, 2.45) is 17.3 Å². The number of nitrogens with one attached hydrogen (secondary N) is 1. The van der Waals surface area contributed by atoms with Crippen LogP contribution in [-0.2, 0) is 19.7 Å². The quantitative estimate of drug-likeness (QED) is 0.513. The van der Waals surface area contributed by atoms with E-state index in [2.05, 4.69) is 29.6 Å². The van der Waals surface area contributed by atoms with E-state index in [0.29, 0.717) is 27.6 Å². The van der Waals surface area contributed by atoms with Gasteiger partial charge in [-0.25, -0.2) is 0 Å². The van der Waals surface area contributed by atoms with Gasteiger partial charge in [0.2, 0.25) is 0 Å². The van der Waals surface area contributed by atoms with E-state index in [9.17, 15) is 9.59 Å². The molecular weight excluding hydrogens is 445 g/mol. The Morgan fingerprint density at radius 3 is 2.38 bits per heavy atom. The van der Waals surface area contributed by atoms with Crippen molar-refractivity contribution in [3.63, 3.8) is 0 Å². The van der Waals surface area contributed by atoms with E-state index >= 15 is 0 Å². The van der Waals surface area contributed by atoms with Gasteiger partial charge in [-0.1, -0.05) is 53.5 Å². The number of anilines is 1. The zero-order valence-electron chi connectivity index (χ0n) is 18.1. The first-order chi connectivity index (χ1) is 15.3. The van der Waals surface area contributed by atoms with Crippen LogP contribution in [0.3, 0.4) is 0 Å². The molecule has 2 aromatic rings. The molecule has 2 aromatic carbocycles. The molecule has 0 aromatic heterocycles. The molecule has 0 spiro atoms. The van der Waals surface area contributed by atoms with Crippen LogP contribution in [0, 0.1) is 17.3 Å². The molecule has 3 unspecified atom stereocenters.